The molecule has 1 aliphatic heterocycles. The van der Waals surface area contributed by atoms with E-state index >= 15 is 0 Å². The molecule has 6 nitrogen and oxygen atoms in total. The summed E-state index contributed by atoms with van der Waals surface area (Å²) in [6.07, 6.45) is 3.34. The van der Waals surface area contributed by atoms with Gasteiger partial charge in [0.25, 0.3) is 5.56 Å². The van der Waals surface area contributed by atoms with Crippen LogP contribution in [0.4, 0.5) is 5.95 Å². The van der Waals surface area contributed by atoms with Gasteiger partial charge in [-0.15, -0.1) is 0 Å². The molecule has 1 aromatic carbocycles. The molecule has 1 fully saturated rings. The van der Waals surface area contributed by atoms with Crippen LogP contribution >= 0.6 is 11.6 Å². The zero-order valence-electron chi connectivity index (χ0n) is 13.8. The minimum Gasteiger partial charge on any atom is -0.378 e. The number of ether oxygens (including phenoxy) is 1. The van der Waals surface area contributed by atoms with Gasteiger partial charge in [0, 0.05) is 30.5 Å². The van der Waals surface area contributed by atoms with Crippen molar-refractivity contribution in [2.45, 2.75) is 6.92 Å². The van der Waals surface area contributed by atoms with Crippen LogP contribution in [0.5, 0.6) is 0 Å². The predicted octanol–water partition coefficient (Wildman–Crippen LogP) is 2.58. The third-order valence-corrected chi connectivity index (χ3v) is 4.84. The Labute approximate surface area is 149 Å². The summed E-state index contributed by atoms with van der Waals surface area (Å²) in [5, 5.41) is 1.11. The Morgan fingerprint density at radius 2 is 2.00 bits per heavy atom. The summed E-state index contributed by atoms with van der Waals surface area (Å²) in [6, 6.07) is 7.35. The molecule has 4 rings (SSSR count). The van der Waals surface area contributed by atoms with Crippen LogP contribution < -0.4 is 10.5 Å². The van der Waals surface area contributed by atoms with Crippen molar-refractivity contribution in [3.05, 3.63) is 57.6 Å². The number of nitrogens with zero attached hydrogens (tertiary/aromatic N) is 4. The average molecular weight is 357 g/mol. The lowest BCUT2D eigenvalue weighted by Gasteiger charge is -2.26. The second-order valence-electron chi connectivity index (χ2n) is 5.94. The first-order chi connectivity index (χ1) is 12.1. The third kappa shape index (κ3) is 2.88. The maximum atomic E-state index is 12.9. The zero-order valence-corrected chi connectivity index (χ0v) is 14.5. The number of hydrogen-bond acceptors (Lipinski definition) is 5. The molecule has 1 aliphatic rings. The monoisotopic (exact) mass is 356 g/mol. The number of anilines is 1. The zero-order chi connectivity index (χ0) is 17.4. The van der Waals surface area contributed by atoms with Crippen LogP contribution in [0.15, 0.2) is 41.5 Å². The maximum Gasteiger partial charge on any atom is 0.266 e. The van der Waals surface area contributed by atoms with Crippen molar-refractivity contribution in [3.63, 3.8) is 0 Å². The molecule has 7 heteroatoms. The van der Waals surface area contributed by atoms with Crippen LogP contribution in [0.1, 0.15) is 5.56 Å². The van der Waals surface area contributed by atoms with Crippen molar-refractivity contribution in [2.24, 2.45) is 0 Å². The van der Waals surface area contributed by atoms with E-state index in [4.69, 9.17) is 16.3 Å². The molecule has 1 saturated heterocycles. The van der Waals surface area contributed by atoms with Crippen molar-refractivity contribution in [1.82, 2.24) is 14.5 Å². The van der Waals surface area contributed by atoms with Gasteiger partial charge in [0.15, 0.2) is 0 Å². The Bertz CT molecular complexity index is 996. The normalized spacial score (nSPS) is 14.9. The van der Waals surface area contributed by atoms with Crippen molar-refractivity contribution in [3.8, 4) is 5.69 Å². The Balaban J connectivity index is 1.81. The number of hydrogen-bond donors (Lipinski definition) is 0. The standard InChI is InChI=1S/C18H17ClN4O2/c1-12-14(19)3-2-4-16(12)23-6-5-15-13(17(23)24)11-20-18(21-15)22-7-9-25-10-8-22/h2-6,11H,7-10H2,1H3. The fourth-order valence-electron chi connectivity index (χ4n) is 2.98. The molecule has 0 aliphatic carbocycles. The number of morpholine rings is 1. The topological polar surface area (TPSA) is 60.3 Å². The lowest BCUT2D eigenvalue weighted by atomic mass is 10.2. The van der Waals surface area contributed by atoms with Crippen LogP contribution in [-0.2, 0) is 4.74 Å². The molecular formula is C18H17ClN4O2. The second kappa shape index (κ2) is 6.46. The van der Waals surface area contributed by atoms with Gasteiger partial charge >= 0.3 is 0 Å². The van der Waals surface area contributed by atoms with E-state index in [2.05, 4.69) is 14.9 Å². The van der Waals surface area contributed by atoms with Gasteiger partial charge in [-0.3, -0.25) is 9.36 Å². The lowest BCUT2D eigenvalue weighted by Crippen LogP contribution is -2.37. The highest BCUT2D eigenvalue weighted by Crippen LogP contribution is 2.22. The number of rotatable bonds is 2. The van der Waals surface area contributed by atoms with Gasteiger partial charge in [-0.05, 0) is 30.7 Å². The Morgan fingerprint density at radius 1 is 1.20 bits per heavy atom. The molecule has 3 heterocycles. The van der Waals surface area contributed by atoms with E-state index in [-0.39, 0.29) is 5.56 Å². The van der Waals surface area contributed by atoms with Crippen molar-refractivity contribution in [1.29, 1.82) is 0 Å². The van der Waals surface area contributed by atoms with Gasteiger partial charge in [-0.2, -0.15) is 0 Å². The van der Waals surface area contributed by atoms with Crippen LogP contribution in [0, 0.1) is 6.92 Å². The van der Waals surface area contributed by atoms with Gasteiger partial charge in [0.05, 0.1) is 29.8 Å². The Hall–Kier alpha value is -2.44. The van der Waals surface area contributed by atoms with Crippen LogP contribution in [0.2, 0.25) is 5.02 Å². The van der Waals surface area contributed by atoms with Crippen LogP contribution in [0.25, 0.3) is 16.6 Å². The van der Waals surface area contributed by atoms with E-state index < -0.39 is 0 Å². The number of fused-ring (bicyclic) bond motifs is 1. The highest BCUT2D eigenvalue weighted by atomic mass is 35.5. The summed E-state index contributed by atoms with van der Waals surface area (Å²) in [6.45, 7) is 4.73. The Kier molecular flexibility index (Phi) is 4.15. The quantitative estimate of drug-likeness (QED) is 0.706. The summed E-state index contributed by atoms with van der Waals surface area (Å²) < 4.78 is 6.94. The van der Waals surface area contributed by atoms with Gasteiger partial charge in [-0.1, -0.05) is 17.7 Å². The fourth-order valence-corrected chi connectivity index (χ4v) is 3.15. The first-order valence-electron chi connectivity index (χ1n) is 8.12. The summed E-state index contributed by atoms with van der Waals surface area (Å²) in [4.78, 5) is 23.9. The van der Waals surface area contributed by atoms with E-state index in [1.165, 1.54) is 0 Å². The molecule has 0 amide bonds. The van der Waals surface area contributed by atoms with Gasteiger partial charge in [-0.25, -0.2) is 9.97 Å². The average Bonchev–Trinajstić information content (AvgIpc) is 2.65. The van der Waals surface area contributed by atoms with E-state index in [9.17, 15) is 4.79 Å². The maximum absolute atomic E-state index is 12.9. The molecule has 0 N–H and O–H groups in total. The highest BCUT2D eigenvalue weighted by Gasteiger charge is 2.15. The first-order valence-corrected chi connectivity index (χ1v) is 8.49. The molecule has 0 unspecified atom stereocenters. The van der Waals surface area contributed by atoms with E-state index in [1.54, 1.807) is 17.0 Å². The minimum atomic E-state index is -0.156. The molecule has 3 aromatic rings. The van der Waals surface area contributed by atoms with Gasteiger partial charge in [0.1, 0.15) is 0 Å². The van der Waals surface area contributed by atoms with Crippen molar-refractivity contribution >= 4 is 28.5 Å². The molecule has 0 radical (unpaired) electrons. The number of benzene rings is 1. The van der Waals surface area contributed by atoms with Crippen molar-refractivity contribution < 1.29 is 4.74 Å². The van der Waals surface area contributed by atoms with Crippen molar-refractivity contribution in [2.75, 3.05) is 31.2 Å². The first kappa shape index (κ1) is 16.1. The smallest absolute Gasteiger partial charge is 0.266 e. The summed E-state index contributed by atoms with van der Waals surface area (Å²) in [7, 11) is 0. The molecule has 0 bridgehead atoms. The highest BCUT2D eigenvalue weighted by molar-refractivity contribution is 6.31. The Morgan fingerprint density at radius 3 is 2.80 bits per heavy atom. The molecule has 0 atom stereocenters. The minimum absolute atomic E-state index is 0.156. The summed E-state index contributed by atoms with van der Waals surface area (Å²) in [5.74, 6) is 0.631. The van der Waals surface area contributed by atoms with Crippen LogP contribution in [0.3, 0.4) is 0 Å². The molecular weight excluding hydrogens is 340 g/mol. The fraction of sp³-hybridized carbons (Fsp3) is 0.278. The summed E-state index contributed by atoms with van der Waals surface area (Å²) in [5.41, 5.74) is 2.10. The largest absolute Gasteiger partial charge is 0.378 e. The number of halogens is 1. The van der Waals surface area contributed by atoms with E-state index in [0.29, 0.717) is 35.1 Å². The summed E-state index contributed by atoms with van der Waals surface area (Å²) >= 11 is 6.19. The SMILES string of the molecule is Cc1c(Cl)cccc1-n1ccc2nc(N3CCOCC3)ncc2c1=O. The predicted molar refractivity (Wildman–Crippen MR) is 97.9 cm³/mol. The number of pyridine rings is 1. The molecule has 128 valence electrons. The second-order valence-corrected chi connectivity index (χ2v) is 6.35. The third-order valence-electron chi connectivity index (χ3n) is 4.43. The molecule has 0 saturated carbocycles. The van der Waals surface area contributed by atoms with E-state index in [0.717, 1.165) is 24.3 Å². The van der Waals surface area contributed by atoms with Gasteiger partial charge in [0.2, 0.25) is 5.95 Å². The molecule has 2 aromatic heterocycles. The molecule has 25 heavy (non-hydrogen) atoms. The van der Waals surface area contributed by atoms with Gasteiger partial charge < -0.3 is 9.64 Å². The van der Waals surface area contributed by atoms with E-state index in [1.807, 2.05) is 31.2 Å². The van der Waals surface area contributed by atoms with Crippen LogP contribution in [-0.4, -0.2) is 40.8 Å². The molecule has 0 spiro atoms. The number of aromatic nitrogens is 3. The lowest BCUT2D eigenvalue weighted by molar-refractivity contribution is 0.122.